The van der Waals surface area contributed by atoms with Crippen molar-refractivity contribution in [1.29, 1.82) is 0 Å². The van der Waals surface area contributed by atoms with Crippen molar-refractivity contribution in [1.82, 2.24) is 15.6 Å². The lowest BCUT2D eigenvalue weighted by Gasteiger charge is -2.08. The van der Waals surface area contributed by atoms with Crippen LogP contribution in [0.5, 0.6) is 0 Å². The van der Waals surface area contributed by atoms with E-state index in [0.717, 1.165) is 30.5 Å². The molecule has 1 aromatic heterocycles. The Morgan fingerprint density at radius 3 is 2.50 bits per heavy atom. The molecule has 0 spiro atoms. The maximum atomic E-state index is 4.46. The Balaban J connectivity index is 2.54. The number of thiazole rings is 1. The fraction of sp³-hybridized carbons (Fsp3) is 0.636. The number of hydrogen-bond donors (Lipinski definition) is 2. The summed E-state index contributed by atoms with van der Waals surface area (Å²) in [5.41, 5.74) is 0. The zero-order valence-corrected chi connectivity index (χ0v) is 11.0. The number of nitrogens with one attached hydrogen (secondary N) is 2. The zero-order valence-electron chi connectivity index (χ0n) is 10.2. The first kappa shape index (κ1) is 13.0. The number of aromatic nitrogens is 1. The highest BCUT2D eigenvalue weighted by atomic mass is 32.1. The molecule has 0 amide bonds. The lowest BCUT2D eigenvalue weighted by atomic mass is 10.4. The topological polar surface area (TPSA) is 49.3 Å². The van der Waals surface area contributed by atoms with Gasteiger partial charge in [0.2, 0.25) is 0 Å². The zero-order chi connectivity index (χ0) is 11.8. The molecule has 0 aliphatic carbocycles. The van der Waals surface area contributed by atoms with Crippen LogP contribution in [0.1, 0.15) is 30.7 Å². The molecule has 1 heterocycles. The van der Waals surface area contributed by atoms with E-state index < -0.39 is 0 Å². The Kier molecular flexibility index (Phi) is 5.85. The molecule has 1 aromatic rings. The van der Waals surface area contributed by atoms with Crippen molar-refractivity contribution in [2.24, 2.45) is 4.99 Å². The Bertz CT molecular complexity index is 324. The summed E-state index contributed by atoms with van der Waals surface area (Å²) in [4.78, 5) is 10.1. The van der Waals surface area contributed by atoms with E-state index in [0.29, 0.717) is 6.54 Å². The second kappa shape index (κ2) is 7.22. The van der Waals surface area contributed by atoms with E-state index in [1.54, 1.807) is 11.3 Å². The third kappa shape index (κ3) is 4.18. The number of aliphatic imine (C=N–C) groups is 1. The Morgan fingerprint density at radius 2 is 2.00 bits per heavy atom. The maximum Gasteiger partial charge on any atom is 0.191 e. The third-order valence-electron chi connectivity index (χ3n) is 2.01. The van der Waals surface area contributed by atoms with Crippen LogP contribution in [0.15, 0.2) is 11.2 Å². The molecule has 1 rings (SSSR count). The van der Waals surface area contributed by atoms with Crippen molar-refractivity contribution < 1.29 is 0 Å². The summed E-state index contributed by atoms with van der Waals surface area (Å²) in [6.07, 6.45) is 2.99. The minimum Gasteiger partial charge on any atom is -0.357 e. The Hall–Kier alpha value is -1.10. The number of nitrogens with zero attached hydrogens (tertiary/aromatic N) is 2. The first-order valence-corrected chi connectivity index (χ1v) is 6.57. The van der Waals surface area contributed by atoms with Crippen LogP contribution in [0.25, 0.3) is 0 Å². The van der Waals surface area contributed by atoms with E-state index >= 15 is 0 Å². The van der Waals surface area contributed by atoms with Gasteiger partial charge in [0.1, 0.15) is 5.01 Å². The first-order chi connectivity index (χ1) is 7.80. The SMILES string of the molecule is CCNC(=NCc1ncc(CC)s1)NCC. The second-order valence-corrected chi connectivity index (χ2v) is 4.50. The Morgan fingerprint density at radius 1 is 1.31 bits per heavy atom. The highest BCUT2D eigenvalue weighted by molar-refractivity contribution is 7.11. The van der Waals surface area contributed by atoms with Gasteiger partial charge in [-0.05, 0) is 20.3 Å². The second-order valence-electron chi connectivity index (χ2n) is 3.30. The van der Waals surface area contributed by atoms with Gasteiger partial charge < -0.3 is 10.6 Å². The number of rotatable bonds is 5. The molecule has 0 saturated heterocycles. The monoisotopic (exact) mass is 240 g/mol. The summed E-state index contributed by atoms with van der Waals surface area (Å²) >= 11 is 1.74. The van der Waals surface area contributed by atoms with Crippen LogP contribution in [0.4, 0.5) is 0 Å². The Labute approximate surface area is 101 Å². The van der Waals surface area contributed by atoms with Crippen LogP contribution in [0, 0.1) is 0 Å². The molecule has 0 fully saturated rings. The summed E-state index contributed by atoms with van der Waals surface area (Å²) in [5, 5.41) is 7.45. The van der Waals surface area contributed by atoms with E-state index in [4.69, 9.17) is 0 Å². The summed E-state index contributed by atoms with van der Waals surface area (Å²) in [7, 11) is 0. The highest BCUT2D eigenvalue weighted by Gasteiger charge is 2.00. The standard InChI is InChI=1S/C11H20N4S/c1-4-9-7-14-10(16-9)8-15-11(12-5-2)13-6-3/h7H,4-6,8H2,1-3H3,(H2,12,13,15). The van der Waals surface area contributed by atoms with Crippen molar-refractivity contribution in [2.45, 2.75) is 33.7 Å². The van der Waals surface area contributed by atoms with E-state index in [1.165, 1.54) is 4.88 Å². The van der Waals surface area contributed by atoms with Crippen LogP contribution in [0.2, 0.25) is 0 Å². The molecule has 0 saturated carbocycles. The normalized spacial score (nSPS) is 9.94. The van der Waals surface area contributed by atoms with Crippen LogP contribution < -0.4 is 10.6 Å². The van der Waals surface area contributed by atoms with Crippen molar-refractivity contribution in [3.05, 3.63) is 16.1 Å². The lowest BCUT2D eigenvalue weighted by molar-refractivity contribution is 0.838. The van der Waals surface area contributed by atoms with Gasteiger partial charge in [0.05, 0.1) is 6.54 Å². The summed E-state index contributed by atoms with van der Waals surface area (Å²) in [6, 6.07) is 0. The quantitative estimate of drug-likeness (QED) is 0.609. The van der Waals surface area contributed by atoms with Gasteiger partial charge in [-0.25, -0.2) is 9.98 Å². The molecule has 90 valence electrons. The molecule has 0 aromatic carbocycles. The molecule has 0 aliphatic rings. The fourth-order valence-corrected chi connectivity index (χ4v) is 2.03. The van der Waals surface area contributed by atoms with Crippen molar-refractivity contribution in [3.8, 4) is 0 Å². The van der Waals surface area contributed by atoms with Gasteiger partial charge in [-0.2, -0.15) is 0 Å². The first-order valence-electron chi connectivity index (χ1n) is 5.75. The van der Waals surface area contributed by atoms with E-state index in [-0.39, 0.29) is 0 Å². The number of guanidine groups is 1. The summed E-state index contributed by atoms with van der Waals surface area (Å²) in [6.45, 7) is 8.67. The number of hydrogen-bond acceptors (Lipinski definition) is 3. The largest absolute Gasteiger partial charge is 0.357 e. The average molecular weight is 240 g/mol. The lowest BCUT2D eigenvalue weighted by Crippen LogP contribution is -2.36. The molecule has 0 atom stereocenters. The molecular formula is C11H20N4S. The van der Waals surface area contributed by atoms with Crippen LogP contribution in [0.3, 0.4) is 0 Å². The predicted octanol–water partition coefficient (Wildman–Crippen LogP) is 1.78. The van der Waals surface area contributed by atoms with E-state index in [2.05, 4.69) is 41.4 Å². The molecule has 0 aliphatic heterocycles. The van der Waals surface area contributed by atoms with Crippen LogP contribution in [-0.2, 0) is 13.0 Å². The number of aryl methyl sites for hydroxylation is 1. The van der Waals surface area contributed by atoms with Gasteiger partial charge in [0, 0.05) is 24.2 Å². The van der Waals surface area contributed by atoms with Gasteiger partial charge >= 0.3 is 0 Å². The smallest absolute Gasteiger partial charge is 0.191 e. The van der Waals surface area contributed by atoms with Gasteiger partial charge in [-0.3, -0.25) is 0 Å². The highest BCUT2D eigenvalue weighted by Crippen LogP contribution is 2.13. The van der Waals surface area contributed by atoms with E-state index in [1.807, 2.05) is 6.20 Å². The van der Waals surface area contributed by atoms with Gasteiger partial charge in [0.15, 0.2) is 5.96 Å². The maximum absolute atomic E-state index is 4.46. The third-order valence-corrected chi connectivity index (χ3v) is 3.14. The molecule has 16 heavy (non-hydrogen) atoms. The van der Waals surface area contributed by atoms with E-state index in [9.17, 15) is 0 Å². The van der Waals surface area contributed by atoms with Crippen LogP contribution in [-0.4, -0.2) is 24.0 Å². The van der Waals surface area contributed by atoms with Crippen LogP contribution >= 0.6 is 11.3 Å². The van der Waals surface area contributed by atoms with Crippen molar-refractivity contribution in [2.75, 3.05) is 13.1 Å². The summed E-state index contributed by atoms with van der Waals surface area (Å²) in [5.74, 6) is 0.859. The predicted molar refractivity (Wildman–Crippen MR) is 70.0 cm³/mol. The van der Waals surface area contributed by atoms with Gasteiger partial charge in [0.25, 0.3) is 0 Å². The van der Waals surface area contributed by atoms with Gasteiger partial charge in [-0.15, -0.1) is 11.3 Å². The molecule has 0 unspecified atom stereocenters. The molecule has 5 heteroatoms. The molecule has 2 N–H and O–H groups in total. The van der Waals surface area contributed by atoms with Gasteiger partial charge in [-0.1, -0.05) is 6.92 Å². The van der Waals surface area contributed by atoms with Crippen molar-refractivity contribution in [3.63, 3.8) is 0 Å². The molecular weight excluding hydrogens is 220 g/mol. The molecule has 0 radical (unpaired) electrons. The van der Waals surface area contributed by atoms with Crippen molar-refractivity contribution >= 4 is 17.3 Å². The average Bonchev–Trinajstić information content (AvgIpc) is 2.74. The molecule has 0 bridgehead atoms. The molecule has 4 nitrogen and oxygen atoms in total. The minimum absolute atomic E-state index is 0.653. The summed E-state index contributed by atoms with van der Waals surface area (Å²) < 4.78 is 0. The minimum atomic E-state index is 0.653. The fourth-order valence-electron chi connectivity index (χ4n) is 1.24.